The molecule has 2 N–H and O–H groups in total. The minimum atomic E-state index is -0.572. The molecule has 0 radical (unpaired) electrons. The quantitative estimate of drug-likeness (QED) is 0.514. The number of carbonyl (C=O) groups is 2. The normalized spacial score (nSPS) is 40.2. The molecule has 2 aliphatic rings. The highest BCUT2D eigenvalue weighted by atomic mass is 16.2. The number of amides is 3. The van der Waals surface area contributed by atoms with Gasteiger partial charge in [-0.1, -0.05) is 13.3 Å². The Morgan fingerprint density at radius 1 is 1.50 bits per heavy atom. The highest BCUT2D eigenvalue weighted by Gasteiger charge is 2.52. The Morgan fingerprint density at radius 2 is 2.25 bits per heavy atom. The Morgan fingerprint density at radius 3 is 2.67 bits per heavy atom. The van der Waals surface area contributed by atoms with Crippen molar-refractivity contribution in [1.29, 1.82) is 0 Å². The van der Waals surface area contributed by atoms with Gasteiger partial charge in [-0.3, -0.25) is 10.1 Å². The monoisotopic (exact) mass is 168 g/mol. The van der Waals surface area contributed by atoms with Gasteiger partial charge in [0.05, 0.1) is 0 Å². The second-order valence-corrected chi connectivity index (χ2v) is 3.67. The van der Waals surface area contributed by atoms with Crippen molar-refractivity contribution in [3.8, 4) is 0 Å². The van der Waals surface area contributed by atoms with Crippen molar-refractivity contribution in [3.63, 3.8) is 0 Å². The Labute approximate surface area is 70.7 Å². The van der Waals surface area contributed by atoms with E-state index in [1.54, 1.807) is 0 Å². The van der Waals surface area contributed by atoms with Crippen LogP contribution in [0.2, 0.25) is 0 Å². The van der Waals surface area contributed by atoms with E-state index in [2.05, 4.69) is 10.6 Å². The third-order valence-electron chi connectivity index (χ3n) is 3.02. The van der Waals surface area contributed by atoms with E-state index in [0.717, 1.165) is 19.3 Å². The van der Waals surface area contributed by atoms with Gasteiger partial charge in [-0.15, -0.1) is 0 Å². The van der Waals surface area contributed by atoms with Crippen LogP contribution in [0.1, 0.15) is 26.2 Å². The third kappa shape index (κ3) is 0.777. The smallest absolute Gasteiger partial charge is 0.322 e. The maximum absolute atomic E-state index is 11.4. The van der Waals surface area contributed by atoms with Gasteiger partial charge in [0.1, 0.15) is 5.54 Å². The van der Waals surface area contributed by atoms with Gasteiger partial charge in [-0.25, -0.2) is 4.79 Å². The third-order valence-corrected chi connectivity index (χ3v) is 3.02. The van der Waals surface area contributed by atoms with E-state index in [1.807, 2.05) is 6.92 Å². The van der Waals surface area contributed by atoms with Crippen molar-refractivity contribution in [1.82, 2.24) is 10.6 Å². The average Bonchev–Trinajstić information content (AvgIpc) is 2.44. The van der Waals surface area contributed by atoms with Crippen LogP contribution in [-0.2, 0) is 4.79 Å². The van der Waals surface area contributed by atoms with Crippen molar-refractivity contribution in [2.24, 2.45) is 5.92 Å². The molecule has 1 heterocycles. The van der Waals surface area contributed by atoms with Crippen LogP contribution in [0.15, 0.2) is 0 Å². The Hall–Kier alpha value is -1.06. The molecule has 1 aliphatic carbocycles. The van der Waals surface area contributed by atoms with Crippen LogP contribution in [0.25, 0.3) is 0 Å². The van der Waals surface area contributed by atoms with E-state index in [9.17, 15) is 9.59 Å². The molecular formula is C8H12N2O2. The minimum absolute atomic E-state index is 0.141. The maximum Gasteiger partial charge on any atom is 0.322 e. The highest BCUT2D eigenvalue weighted by Crippen LogP contribution is 2.37. The van der Waals surface area contributed by atoms with Crippen LogP contribution in [0.5, 0.6) is 0 Å². The summed E-state index contributed by atoms with van der Waals surface area (Å²) in [5.74, 6) is 0.126. The van der Waals surface area contributed by atoms with Crippen molar-refractivity contribution >= 4 is 11.9 Å². The number of hydrogen-bond acceptors (Lipinski definition) is 2. The predicted molar refractivity (Wildman–Crippen MR) is 42.4 cm³/mol. The van der Waals surface area contributed by atoms with Crippen molar-refractivity contribution in [3.05, 3.63) is 0 Å². The topological polar surface area (TPSA) is 58.2 Å². The van der Waals surface area contributed by atoms with Crippen LogP contribution >= 0.6 is 0 Å². The maximum atomic E-state index is 11.4. The molecule has 1 aliphatic heterocycles. The summed E-state index contributed by atoms with van der Waals surface area (Å²) in [6.45, 7) is 2.01. The lowest BCUT2D eigenvalue weighted by molar-refractivity contribution is -0.124. The van der Waals surface area contributed by atoms with Gasteiger partial charge in [-0.2, -0.15) is 0 Å². The summed E-state index contributed by atoms with van der Waals surface area (Å²) < 4.78 is 0. The van der Waals surface area contributed by atoms with Crippen molar-refractivity contribution < 1.29 is 9.59 Å². The van der Waals surface area contributed by atoms with Gasteiger partial charge >= 0.3 is 6.03 Å². The summed E-state index contributed by atoms with van der Waals surface area (Å²) in [7, 11) is 0. The SMILES string of the molecule is CC1CCCC12NC(=O)NC2=O. The average molecular weight is 168 g/mol. The summed E-state index contributed by atoms with van der Waals surface area (Å²) in [5, 5.41) is 5.02. The minimum Gasteiger partial charge on any atom is -0.323 e. The van der Waals surface area contributed by atoms with Gasteiger partial charge in [0, 0.05) is 0 Å². The fourth-order valence-electron chi connectivity index (χ4n) is 2.21. The van der Waals surface area contributed by atoms with Gasteiger partial charge in [0.15, 0.2) is 0 Å². The zero-order valence-corrected chi connectivity index (χ0v) is 7.02. The molecule has 2 rings (SSSR count). The molecule has 66 valence electrons. The lowest BCUT2D eigenvalue weighted by Gasteiger charge is -2.24. The second kappa shape index (κ2) is 2.21. The number of imide groups is 1. The molecule has 4 heteroatoms. The number of rotatable bonds is 0. The van der Waals surface area contributed by atoms with Crippen molar-refractivity contribution in [2.45, 2.75) is 31.7 Å². The van der Waals surface area contributed by atoms with E-state index < -0.39 is 5.54 Å². The van der Waals surface area contributed by atoms with Crippen LogP contribution in [0.4, 0.5) is 4.79 Å². The second-order valence-electron chi connectivity index (χ2n) is 3.67. The Balaban J connectivity index is 2.31. The van der Waals surface area contributed by atoms with Gasteiger partial charge in [0.25, 0.3) is 5.91 Å². The zero-order chi connectivity index (χ0) is 8.77. The molecule has 2 unspecified atom stereocenters. The van der Waals surface area contributed by atoms with Crippen LogP contribution in [0, 0.1) is 5.92 Å². The van der Waals surface area contributed by atoms with E-state index in [1.165, 1.54) is 0 Å². The van der Waals surface area contributed by atoms with Crippen LogP contribution in [-0.4, -0.2) is 17.5 Å². The highest BCUT2D eigenvalue weighted by molar-refractivity contribution is 6.07. The number of urea groups is 1. The fraction of sp³-hybridized carbons (Fsp3) is 0.750. The fourth-order valence-corrected chi connectivity index (χ4v) is 2.21. The summed E-state index contributed by atoms with van der Waals surface area (Å²) in [6.07, 6.45) is 2.83. The Kier molecular flexibility index (Phi) is 1.40. The summed E-state index contributed by atoms with van der Waals surface area (Å²) in [5.41, 5.74) is -0.572. The van der Waals surface area contributed by atoms with Gasteiger partial charge < -0.3 is 5.32 Å². The first-order valence-corrected chi connectivity index (χ1v) is 4.29. The number of hydrogen-bond donors (Lipinski definition) is 2. The standard InChI is InChI=1S/C8H12N2O2/c1-5-3-2-4-8(5)6(11)9-7(12)10-8/h5H,2-4H2,1H3,(H2,9,10,11,12). The summed E-state index contributed by atoms with van der Waals surface area (Å²) in [6, 6.07) is -0.339. The summed E-state index contributed by atoms with van der Waals surface area (Å²) >= 11 is 0. The molecule has 0 aromatic heterocycles. The van der Waals surface area contributed by atoms with E-state index >= 15 is 0 Å². The lowest BCUT2D eigenvalue weighted by Crippen LogP contribution is -2.48. The molecule has 0 aromatic carbocycles. The van der Waals surface area contributed by atoms with Gasteiger partial charge in [-0.05, 0) is 18.8 Å². The molecular weight excluding hydrogens is 156 g/mol. The number of nitrogens with one attached hydrogen (secondary N) is 2. The first kappa shape index (κ1) is 7.58. The Bertz CT molecular complexity index is 251. The first-order chi connectivity index (χ1) is 5.65. The van der Waals surface area contributed by atoms with Crippen molar-refractivity contribution in [2.75, 3.05) is 0 Å². The van der Waals surface area contributed by atoms with E-state index in [0.29, 0.717) is 0 Å². The summed E-state index contributed by atoms with van der Waals surface area (Å²) in [4.78, 5) is 22.3. The first-order valence-electron chi connectivity index (χ1n) is 4.29. The lowest BCUT2D eigenvalue weighted by atomic mass is 9.89. The largest absolute Gasteiger partial charge is 0.323 e. The van der Waals surface area contributed by atoms with Gasteiger partial charge in [0.2, 0.25) is 0 Å². The zero-order valence-electron chi connectivity index (χ0n) is 7.02. The van der Waals surface area contributed by atoms with Crippen LogP contribution in [0.3, 0.4) is 0 Å². The van der Waals surface area contributed by atoms with Crippen LogP contribution < -0.4 is 10.6 Å². The molecule has 1 saturated carbocycles. The molecule has 0 aromatic rings. The van der Waals surface area contributed by atoms with E-state index in [-0.39, 0.29) is 17.9 Å². The predicted octanol–water partition coefficient (Wildman–Crippen LogP) is 0.385. The molecule has 0 bridgehead atoms. The molecule has 3 amide bonds. The molecule has 2 atom stereocenters. The van der Waals surface area contributed by atoms with E-state index in [4.69, 9.17) is 0 Å². The molecule has 1 spiro atoms. The molecule has 12 heavy (non-hydrogen) atoms. The molecule has 2 fully saturated rings. The number of carbonyl (C=O) groups excluding carboxylic acids is 2. The molecule has 4 nitrogen and oxygen atoms in total. The molecule has 1 saturated heterocycles.